The second kappa shape index (κ2) is 5.65. The van der Waals surface area contributed by atoms with Gasteiger partial charge in [0.2, 0.25) is 0 Å². The van der Waals surface area contributed by atoms with Gasteiger partial charge in [-0.3, -0.25) is 4.79 Å². The van der Waals surface area contributed by atoms with Gasteiger partial charge in [0, 0.05) is 25.2 Å². The monoisotopic (exact) mass is 241 g/mol. The Hall–Kier alpha value is -1.36. The molecule has 5 heteroatoms. The number of benzene rings is 1. The lowest BCUT2D eigenvalue weighted by molar-refractivity contribution is 0.231. The Morgan fingerprint density at radius 2 is 2.06 bits per heavy atom. The first kappa shape index (κ1) is 12.7. The molecule has 0 saturated carbocycles. The van der Waals surface area contributed by atoms with Crippen LogP contribution in [0, 0.1) is 0 Å². The van der Waals surface area contributed by atoms with E-state index in [1.54, 1.807) is 27.3 Å². The fourth-order valence-corrected chi connectivity index (χ4v) is 1.38. The minimum atomic E-state index is -0.280. The molecule has 0 aliphatic rings. The Morgan fingerprint density at radius 3 is 2.56 bits per heavy atom. The second-order valence-corrected chi connectivity index (χ2v) is 3.70. The van der Waals surface area contributed by atoms with Crippen LogP contribution in [0.5, 0.6) is 11.5 Å². The molecule has 0 aliphatic carbocycles. The van der Waals surface area contributed by atoms with Gasteiger partial charge < -0.3 is 14.4 Å². The van der Waals surface area contributed by atoms with Crippen LogP contribution in [0.15, 0.2) is 18.2 Å². The van der Waals surface area contributed by atoms with Gasteiger partial charge in [-0.15, -0.1) is 0 Å². The molecular formula is C11H15NO3S. The van der Waals surface area contributed by atoms with Crippen LogP contribution in [0.1, 0.15) is 5.56 Å². The quantitative estimate of drug-likeness (QED) is 0.821. The van der Waals surface area contributed by atoms with E-state index in [4.69, 9.17) is 9.47 Å². The topological polar surface area (TPSA) is 38.8 Å². The van der Waals surface area contributed by atoms with Gasteiger partial charge in [0.25, 0.3) is 5.24 Å². The molecule has 0 spiro atoms. The summed E-state index contributed by atoms with van der Waals surface area (Å²) in [5.41, 5.74) is 0.910. The van der Waals surface area contributed by atoms with Crippen LogP contribution in [0.25, 0.3) is 0 Å². The third-order valence-corrected chi connectivity index (χ3v) is 2.57. The molecule has 0 aliphatic heterocycles. The number of hydrogen-bond donors (Lipinski definition) is 1. The Bertz CT molecular complexity index is 381. The van der Waals surface area contributed by atoms with Crippen LogP contribution in [0.4, 0.5) is 4.79 Å². The average Bonchev–Trinajstić information content (AvgIpc) is 2.29. The first-order valence-corrected chi connectivity index (χ1v) is 5.18. The molecular weight excluding hydrogens is 226 g/mol. The molecule has 1 rings (SSSR count). The summed E-state index contributed by atoms with van der Waals surface area (Å²) in [5.74, 6) is 1.42. The van der Waals surface area contributed by atoms with Gasteiger partial charge in [-0.25, -0.2) is 0 Å². The molecule has 1 aromatic carbocycles. The van der Waals surface area contributed by atoms with Gasteiger partial charge in [0.15, 0.2) is 0 Å². The molecule has 0 saturated heterocycles. The van der Waals surface area contributed by atoms with Gasteiger partial charge in [0.1, 0.15) is 11.5 Å². The second-order valence-electron chi connectivity index (χ2n) is 3.32. The zero-order valence-corrected chi connectivity index (χ0v) is 10.5. The molecule has 0 N–H and O–H groups in total. The van der Waals surface area contributed by atoms with E-state index in [9.17, 15) is 4.79 Å². The number of carbonyl (C=O) groups is 1. The van der Waals surface area contributed by atoms with Crippen molar-refractivity contribution in [3.8, 4) is 11.5 Å². The maximum absolute atomic E-state index is 11.0. The van der Waals surface area contributed by atoms with Gasteiger partial charge in [-0.05, 0) is 12.1 Å². The van der Waals surface area contributed by atoms with E-state index < -0.39 is 0 Å². The summed E-state index contributed by atoms with van der Waals surface area (Å²) >= 11 is 3.75. The molecule has 0 aromatic heterocycles. The fourth-order valence-electron chi connectivity index (χ4n) is 1.31. The van der Waals surface area contributed by atoms with Crippen molar-refractivity contribution in [2.24, 2.45) is 0 Å². The fraction of sp³-hybridized carbons (Fsp3) is 0.364. The summed E-state index contributed by atoms with van der Waals surface area (Å²) in [6.45, 7) is 0.454. The van der Waals surface area contributed by atoms with Crippen LogP contribution < -0.4 is 9.47 Å². The third kappa shape index (κ3) is 3.06. The third-order valence-electron chi connectivity index (χ3n) is 2.23. The highest BCUT2D eigenvalue weighted by molar-refractivity contribution is 7.96. The van der Waals surface area contributed by atoms with Crippen molar-refractivity contribution in [2.45, 2.75) is 6.54 Å². The Labute approximate surface area is 101 Å². The highest BCUT2D eigenvalue weighted by atomic mass is 32.1. The van der Waals surface area contributed by atoms with Crippen LogP contribution in [-0.4, -0.2) is 31.4 Å². The summed E-state index contributed by atoms with van der Waals surface area (Å²) in [6.07, 6.45) is 0. The predicted molar refractivity (Wildman–Crippen MR) is 65.4 cm³/mol. The smallest absolute Gasteiger partial charge is 0.278 e. The zero-order valence-electron chi connectivity index (χ0n) is 9.56. The van der Waals surface area contributed by atoms with Crippen LogP contribution in [0.3, 0.4) is 0 Å². The van der Waals surface area contributed by atoms with Crippen molar-refractivity contribution in [3.05, 3.63) is 23.8 Å². The van der Waals surface area contributed by atoms with Crippen molar-refractivity contribution in [1.82, 2.24) is 4.90 Å². The highest BCUT2D eigenvalue weighted by Crippen LogP contribution is 2.25. The van der Waals surface area contributed by atoms with Crippen molar-refractivity contribution < 1.29 is 14.3 Å². The molecule has 88 valence electrons. The summed E-state index contributed by atoms with van der Waals surface area (Å²) in [5, 5.41) is -0.280. The average molecular weight is 241 g/mol. The highest BCUT2D eigenvalue weighted by Gasteiger charge is 2.09. The van der Waals surface area contributed by atoms with Gasteiger partial charge >= 0.3 is 0 Å². The SMILES string of the molecule is COc1ccc(CN(C)C(=O)S)c(OC)c1. The molecule has 0 unspecified atom stereocenters. The van der Waals surface area contributed by atoms with E-state index in [0.717, 1.165) is 11.3 Å². The van der Waals surface area contributed by atoms with Crippen molar-refractivity contribution in [3.63, 3.8) is 0 Å². The normalized spacial score (nSPS) is 9.75. The van der Waals surface area contributed by atoms with Gasteiger partial charge in [-0.2, -0.15) is 0 Å². The Morgan fingerprint density at radius 1 is 1.38 bits per heavy atom. The summed E-state index contributed by atoms with van der Waals surface area (Å²) in [4.78, 5) is 12.5. The molecule has 0 atom stereocenters. The Balaban J connectivity index is 2.91. The number of methoxy groups -OCH3 is 2. The van der Waals surface area contributed by atoms with Crippen molar-refractivity contribution in [2.75, 3.05) is 21.3 Å². The number of ether oxygens (including phenoxy) is 2. The van der Waals surface area contributed by atoms with E-state index in [1.165, 1.54) is 4.90 Å². The van der Waals surface area contributed by atoms with Crippen LogP contribution >= 0.6 is 12.6 Å². The summed E-state index contributed by atoms with van der Waals surface area (Å²) < 4.78 is 10.3. The lowest BCUT2D eigenvalue weighted by Crippen LogP contribution is -2.20. The van der Waals surface area contributed by atoms with E-state index in [2.05, 4.69) is 12.6 Å². The number of amides is 1. The standard InChI is InChI=1S/C11H15NO3S/c1-12(11(13)16)7-8-4-5-9(14-2)6-10(8)15-3/h4-6H,7H2,1-3H3,(H,13,16). The van der Waals surface area contributed by atoms with Gasteiger partial charge in [-0.1, -0.05) is 12.6 Å². The lowest BCUT2D eigenvalue weighted by Gasteiger charge is -2.16. The van der Waals surface area contributed by atoms with E-state index >= 15 is 0 Å². The number of rotatable bonds is 4. The maximum Gasteiger partial charge on any atom is 0.278 e. The minimum absolute atomic E-state index is 0.280. The van der Waals surface area contributed by atoms with E-state index in [1.807, 2.05) is 12.1 Å². The number of nitrogens with zero attached hydrogens (tertiary/aromatic N) is 1. The number of thiol groups is 1. The molecule has 0 bridgehead atoms. The number of carbonyl (C=O) groups excluding carboxylic acids is 1. The minimum Gasteiger partial charge on any atom is -0.497 e. The maximum atomic E-state index is 11.0. The van der Waals surface area contributed by atoms with Gasteiger partial charge in [0.05, 0.1) is 14.2 Å². The Kier molecular flexibility index (Phi) is 4.49. The van der Waals surface area contributed by atoms with Crippen molar-refractivity contribution in [1.29, 1.82) is 0 Å². The largest absolute Gasteiger partial charge is 0.497 e. The first-order chi connectivity index (χ1) is 7.58. The molecule has 0 heterocycles. The molecule has 4 nitrogen and oxygen atoms in total. The van der Waals surface area contributed by atoms with Crippen molar-refractivity contribution >= 4 is 17.9 Å². The molecule has 1 amide bonds. The first-order valence-electron chi connectivity index (χ1n) is 4.73. The lowest BCUT2D eigenvalue weighted by atomic mass is 10.2. The molecule has 16 heavy (non-hydrogen) atoms. The zero-order chi connectivity index (χ0) is 12.1. The van der Waals surface area contributed by atoms with E-state index in [0.29, 0.717) is 12.3 Å². The summed E-state index contributed by atoms with van der Waals surface area (Å²) in [6, 6.07) is 5.48. The molecule has 0 radical (unpaired) electrons. The predicted octanol–water partition coefficient (Wildman–Crippen LogP) is 2.19. The van der Waals surface area contributed by atoms with Crippen LogP contribution in [-0.2, 0) is 6.54 Å². The number of hydrogen-bond acceptors (Lipinski definition) is 3. The van der Waals surface area contributed by atoms with Crippen LogP contribution in [0.2, 0.25) is 0 Å². The molecule has 0 fully saturated rings. The molecule has 1 aromatic rings. The summed E-state index contributed by atoms with van der Waals surface area (Å²) in [7, 11) is 4.86. The van der Waals surface area contributed by atoms with E-state index in [-0.39, 0.29) is 5.24 Å².